The number of piperidine rings is 1. The molecule has 0 aromatic heterocycles. The lowest BCUT2D eigenvalue weighted by atomic mass is 10.1. The van der Waals surface area contributed by atoms with E-state index in [0.29, 0.717) is 0 Å². The van der Waals surface area contributed by atoms with Crippen molar-refractivity contribution < 1.29 is 4.39 Å². The van der Waals surface area contributed by atoms with Crippen LogP contribution in [0.4, 0.5) is 4.39 Å². The predicted octanol–water partition coefficient (Wildman–Crippen LogP) is 3.35. The number of likely N-dealkylation sites (tertiary alicyclic amines) is 1. The maximum atomic E-state index is 13.1. The topological polar surface area (TPSA) is 15.3 Å². The Kier molecular flexibility index (Phi) is 5.80. The molecule has 2 rings (SSSR count). The van der Waals surface area contributed by atoms with Gasteiger partial charge in [0.15, 0.2) is 0 Å². The largest absolute Gasteiger partial charge is 0.310 e. The van der Waals surface area contributed by atoms with Gasteiger partial charge < -0.3 is 10.2 Å². The van der Waals surface area contributed by atoms with Crippen LogP contribution in [-0.2, 0) is 0 Å². The summed E-state index contributed by atoms with van der Waals surface area (Å²) >= 11 is 0. The molecule has 1 unspecified atom stereocenters. The van der Waals surface area contributed by atoms with Crippen molar-refractivity contribution in [2.45, 2.75) is 38.6 Å². The number of nitrogens with one attached hydrogen (secondary N) is 1. The number of halogens is 1. The maximum absolute atomic E-state index is 13.1. The van der Waals surface area contributed by atoms with E-state index in [-0.39, 0.29) is 11.9 Å². The van der Waals surface area contributed by atoms with E-state index < -0.39 is 0 Å². The van der Waals surface area contributed by atoms with Crippen molar-refractivity contribution in [2.75, 3.05) is 26.2 Å². The Hall–Kier alpha value is -0.930. The van der Waals surface area contributed by atoms with Crippen LogP contribution in [0.25, 0.3) is 0 Å². The van der Waals surface area contributed by atoms with Gasteiger partial charge in [-0.1, -0.05) is 18.6 Å². The SMILES string of the molecule is CC(NCCCN1CCCCC1)c1cccc(F)c1. The van der Waals surface area contributed by atoms with Gasteiger partial charge in [-0.3, -0.25) is 0 Å². The minimum atomic E-state index is -0.153. The highest BCUT2D eigenvalue weighted by atomic mass is 19.1. The first kappa shape index (κ1) is 14.5. The molecule has 1 aliphatic heterocycles. The highest BCUT2D eigenvalue weighted by molar-refractivity contribution is 5.19. The molecular formula is C16H25FN2. The highest BCUT2D eigenvalue weighted by Crippen LogP contribution is 2.13. The predicted molar refractivity (Wildman–Crippen MR) is 77.7 cm³/mol. The Morgan fingerprint density at radius 2 is 2.05 bits per heavy atom. The van der Waals surface area contributed by atoms with Gasteiger partial charge in [-0.15, -0.1) is 0 Å². The van der Waals surface area contributed by atoms with E-state index in [4.69, 9.17) is 0 Å². The number of nitrogens with zero attached hydrogens (tertiary/aromatic N) is 1. The molecule has 1 aliphatic rings. The van der Waals surface area contributed by atoms with Crippen molar-refractivity contribution in [1.82, 2.24) is 10.2 Å². The highest BCUT2D eigenvalue weighted by Gasteiger charge is 2.09. The first-order chi connectivity index (χ1) is 9.25. The van der Waals surface area contributed by atoms with Crippen LogP contribution < -0.4 is 5.32 Å². The van der Waals surface area contributed by atoms with Crippen LogP contribution in [0.15, 0.2) is 24.3 Å². The number of hydrogen-bond acceptors (Lipinski definition) is 2. The normalized spacial score (nSPS) is 18.4. The molecule has 0 saturated carbocycles. The average molecular weight is 264 g/mol. The standard InChI is InChI=1S/C16H25FN2/c1-14(15-7-5-8-16(17)13-15)18-9-6-12-19-10-3-2-4-11-19/h5,7-8,13-14,18H,2-4,6,9-12H2,1H3. The van der Waals surface area contributed by atoms with Gasteiger partial charge in [0.2, 0.25) is 0 Å². The van der Waals surface area contributed by atoms with Crippen LogP contribution in [-0.4, -0.2) is 31.1 Å². The molecule has 1 fully saturated rings. The second-order valence-corrected chi connectivity index (χ2v) is 5.49. The molecule has 1 aromatic rings. The van der Waals surface area contributed by atoms with Crippen molar-refractivity contribution in [3.05, 3.63) is 35.6 Å². The van der Waals surface area contributed by atoms with Gasteiger partial charge in [-0.05, 0) is 70.1 Å². The van der Waals surface area contributed by atoms with Gasteiger partial charge in [0.1, 0.15) is 5.82 Å². The number of benzene rings is 1. The van der Waals surface area contributed by atoms with E-state index in [0.717, 1.165) is 12.1 Å². The summed E-state index contributed by atoms with van der Waals surface area (Å²) in [7, 11) is 0. The summed E-state index contributed by atoms with van der Waals surface area (Å²) in [6.45, 7) is 6.80. The van der Waals surface area contributed by atoms with Crippen LogP contribution in [0, 0.1) is 5.82 Å². The quantitative estimate of drug-likeness (QED) is 0.793. The van der Waals surface area contributed by atoms with Crippen LogP contribution in [0.3, 0.4) is 0 Å². The van der Waals surface area contributed by atoms with Crippen LogP contribution in [0.2, 0.25) is 0 Å². The van der Waals surface area contributed by atoms with Gasteiger partial charge in [0.05, 0.1) is 0 Å². The van der Waals surface area contributed by atoms with Crippen molar-refractivity contribution in [3.63, 3.8) is 0 Å². The van der Waals surface area contributed by atoms with E-state index in [1.807, 2.05) is 6.07 Å². The molecule has 1 atom stereocenters. The molecule has 2 nitrogen and oxygen atoms in total. The van der Waals surface area contributed by atoms with Gasteiger partial charge in [-0.25, -0.2) is 4.39 Å². The Morgan fingerprint density at radius 3 is 2.79 bits per heavy atom. The Balaban J connectivity index is 1.64. The number of rotatable bonds is 6. The van der Waals surface area contributed by atoms with E-state index in [2.05, 4.69) is 17.1 Å². The second-order valence-electron chi connectivity index (χ2n) is 5.49. The van der Waals surface area contributed by atoms with Crippen molar-refractivity contribution in [1.29, 1.82) is 0 Å². The minimum absolute atomic E-state index is 0.153. The average Bonchev–Trinajstić information content (AvgIpc) is 2.44. The summed E-state index contributed by atoms with van der Waals surface area (Å²) < 4.78 is 13.1. The van der Waals surface area contributed by atoms with Crippen LogP contribution in [0.5, 0.6) is 0 Å². The van der Waals surface area contributed by atoms with E-state index in [9.17, 15) is 4.39 Å². The molecule has 3 heteroatoms. The lowest BCUT2D eigenvalue weighted by Crippen LogP contribution is -2.32. The van der Waals surface area contributed by atoms with Gasteiger partial charge in [0, 0.05) is 6.04 Å². The summed E-state index contributed by atoms with van der Waals surface area (Å²) in [6, 6.07) is 7.08. The summed E-state index contributed by atoms with van der Waals surface area (Å²) in [5.41, 5.74) is 1.03. The molecule has 0 spiro atoms. The molecule has 0 amide bonds. The van der Waals surface area contributed by atoms with Crippen molar-refractivity contribution >= 4 is 0 Å². The first-order valence-electron chi connectivity index (χ1n) is 7.47. The summed E-state index contributed by atoms with van der Waals surface area (Å²) in [6.07, 6.45) is 5.27. The fourth-order valence-electron chi connectivity index (χ4n) is 2.70. The minimum Gasteiger partial charge on any atom is -0.310 e. The third kappa shape index (κ3) is 4.92. The zero-order valence-electron chi connectivity index (χ0n) is 11.9. The van der Waals surface area contributed by atoms with E-state index in [1.54, 1.807) is 12.1 Å². The Bertz CT molecular complexity index is 375. The molecule has 1 heterocycles. The Morgan fingerprint density at radius 1 is 1.26 bits per heavy atom. The second kappa shape index (κ2) is 7.61. The van der Waals surface area contributed by atoms with Crippen LogP contribution in [0.1, 0.15) is 44.2 Å². The van der Waals surface area contributed by atoms with Gasteiger partial charge in [-0.2, -0.15) is 0 Å². The zero-order chi connectivity index (χ0) is 13.5. The molecule has 0 bridgehead atoms. The fourth-order valence-corrected chi connectivity index (χ4v) is 2.70. The molecular weight excluding hydrogens is 239 g/mol. The summed E-state index contributed by atoms with van der Waals surface area (Å²) in [4.78, 5) is 2.55. The molecule has 1 saturated heterocycles. The summed E-state index contributed by atoms with van der Waals surface area (Å²) in [5.74, 6) is -0.153. The molecule has 0 radical (unpaired) electrons. The number of hydrogen-bond donors (Lipinski definition) is 1. The smallest absolute Gasteiger partial charge is 0.123 e. The Labute approximate surface area is 116 Å². The lowest BCUT2D eigenvalue weighted by molar-refractivity contribution is 0.225. The van der Waals surface area contributed by atoms with Crippen molar-refractivity contribution in [2.24, 2.45) is 0 Å². The van der Waals surface area contributed by atoms with E-state index in [1.165, 1.54) is 51.4 Å². The van der Waals surface area contributed by atoms with Gasteiger partial charge in [0.25, 0.3) is 0 Å². The summed E-state index contributed by atoms with van der Waals surface area (Å²) in [5, 5.41) is 3.47. The van der Waals surface area contributed by atoms with Gasteiger partial charge >= 0.3 is 0 Å². The molecule has 1 N–H and O–H groups in total. The third-order valence-corrected chi connectivity index (χ3v) is 3.90. The van der Waals surface area contributed by atoms with Crippen molar-refractivity contribution in [3.8, 4) is 0 Å². The molecule has 0 aliphatic carbocycles. The third-order valence-electron chi connectivity index (χ3n) is 3.90. The van der Waals surface area contributed by atoms with Crippen LogP contribution >= 0.6 is 0 Å². The fraction of sp³-hybridized carbons (Fsp3) is 0.625. The first-order valence-corrected chi connectivity index (χ1v) is 7.47. The van der Waals surface area contributed by atoms with E-state index >= 15 is 0 Å². The molecule has 106 valence electrons. The monoisotopic (exact) mass is 264 g/mol. The molecule has 19 heavy (non-hydrogen) atoms. The zero-order valence-corrected chi connectivity index (χ0v) is 11.9. The molecule has 1 aromatic carbocycles. The maximum Gasteiger partial charge on any atom is 0.123 e. The lowest BCUT2D eigenvalue weighted by Gasteiger charge is -2.26.